The van der Waals surface area contributed by atoms with Crippen LogP contribution in [0.4, 0.5) is 16.2 Å². The Morgan fingerprint density at radius 3 is 2.77 bits per heavy atom. The van der Waals surface area contributed by atoms with Gasteiger partial charge in [0.1, 0.15) is 17.5 Å². The Morgan fingerprint density at radius 2 is 2.04 bits per heavy atom. The SMILES string of the molecule is CC(=O)N1CC[C@@]2(O)c3cc(OC(=O)Nc4ccccc4)ccc3N[C@@H]12. The summed E-state index contributed by atoms with van der Waals surface area (Å²) in [5.41, 5.74) is 0.818. The molecular formula is C19H19N3O4. The number of hydrogen-bond acceptors (Lipinski definition) is 5. The van der Waals surface area contributed by atoms with E-state index in [4.69, 9.17) is 4.74 Å². The lowest BCUT2D eigenvalue weighted by atomic mass is 9.93. The fourth-order valence-corrected chi connectivity index (χ4v) is 3.62. The highest BCUT2D eigenvalue weighted by Gasteiger charge is 2.53. The minimum Gasteiger partial charge on any atom is -0.410 e. The molecule has 2 aromatic carbocycles. The fourth-order valence-electron chi connectivity index (χ4n) is 3.62. The van der Waals surface area contributed by atoms with E-state index < -0.39 is 17.9 Å². The average molecular weight is 353 g/mol. The molecule has 2 aliphatic heterocycles. The first kappa shape index (κ1) is 16.4. The first-order valence-corrected chi connectivity index (χ1v) is 8.42. The lowest BCUT2D eigenvalue weighted by Gasteiger charge is -2.27. The molecule has 0 spiro atoms. The predicted molar refractivity (Wildman–Crippen MR) is 95.8 cm³/mol. The molecule has 26 heavy (non-hydrogen) atoms. The third-order valence-corrected chi connectivity index (χ3v) is 4.88. The molecule has 0 radical (unpaired) electrons. The number of fused-ring (bicyclic) bond motifs is 3. The van der Waals surface area contributed by atoms with Crippen molar-refractivity contribution >= 4 is 23.4 Å². The highest BCUT2D eigenvalue weighted by molar-refractivity contribution is 5.86. The van der Waals surface area contributed by atoms with E-state index >= 15 is 0 Å². The highest BCUT2D eigenvalue weighted by Crippen LogP contribution is 2.47. The lowest BCUT2D eigenvalue weighted by molar-refractivity contribution is -0.131. The van der Waals surface area contributed by atoms with Gasteiger partial charge in [0.25, 0.3) is 0 Å². The molecule has 7 nitrogen and oxygen atoms in total. The van der Waals surface area contributed by atoms with Gasteiger partial charge in [0.05, 0.1) is 0 Å². The molecule has 2 amide bonds. The van der Waals surface area contributed by atoms with E-state index in [-0.39, 0.29) is 5.91 Å². The molecule has 134 valence electrons. The Morgan fingerprint density at radius 1 is 1.27 bits per heavy atom. The summed E-state index contributed by atoms with van der Waals surface area (Å²) < 4.78 is 5.34. The number of hydrogen-bond donors (Lipinski definition) is 3. The number of anilines is 2. The Kier molecular flexibility index (Phi) is 3.81. The zero-order valence-electron chi connectivity index (χ0n) is 14.2. The van der Waals surface area contributed by atoms with Crippen molar-refractivity contribution in [1.29, 1.82) is 0 Å². The van der Waals surface area contributed by atoms with Crippen LogP contribution < -0.4 is 15.4 Å². The number of rotatable bonds is 2. The summed E-state index contributed by atoms with van der Waals surface area (Å²) in [5, 5.41) is 16.9. The average Bonchev–Trinajstić information content (AvgIpc) is 3.08. The Balaban J connectivity index is 1.53. The standard InChI is InChI=1S/C19H19N3O4/c1-12(23)22-10-9-19(25)15-11-14(7-8-16(15)21-17(19)22)26-18(24)20-13-5-3-2-4-6-13/h2-8,11,17,21,25H,9-10H2,1H3,(H,20,24)/t17-,19+/m0/s1. The van der Waals surface area contributed by atoms with Crippen molar-refractivity contribution in [3.63, 3.8) is 0 Å². The van der Waals surface area contributed by atoms with Gasteiger partial charge in [-0.25, -0.2) is 4.79 Å². The molecule has 0 aliphatic carbocycles. The Hall–Kier alpha value is -3.06. The van der Waals surface area contributed by atoms with Crippen molar-refractivity contribution in [3.8, 4) is 5.75 Å². The maximum Gasteiger partial charge on any atom is 0.417 e. The molecule has 0 aromatic heterocycles. The van der Waals surface area contributed by atoms with E-state index in [0.717, 1.165) is 5.69 Å². The van der Waals surface area contributed by atoms with Crippen molar-refractivity contribution in [2.24, 2.45) is 0 Å². The predicted octanol–water partition coefficient (Wildman–Crippen LogP) is 2.49. The monoisotopic (exact) mass is 353 g/mol. The van der Waals surface area contributed by atoms with Gasteiger partial charge in [-0.05, 0) is 30.3 Å². The zero-order chi connectivity index (χ0) is 18.3. The second-order valence-corrected chi connectivity index (χ2v) is 6.52. The van der Waals surface area contributed by atoms with Crippen LogP contribution in [0.5, 0.6) is 5.75 Å². The van der Waals surface area contributed by atoms with Crippen molar-refractivity contribution < 1.29 is 19.4 Å². The van der Waals surface area contributed by atoms with E-state index in [9.17, 15) is 14.7 Å². The summed E-state index contributed by atoms with van der Waals surface area (Å²) in [4.78, 5) is 25.4. The quantitative estimate of drug-likeness (QED) is 0.772. The summed E-state index contributed by atoms with van der Waals surface area (Å²) in [7, 11) is 0. The van der Waals surface area contributed by atoms with Crippen molar-refractivity contribution in [2.45, 2.75) is 25.1 Å². The summed E-state index contributed by atoms with van der Waals surface area (Å²) in [6.07, 6.45) is -0.678. The molecule has 4 rings (SSSR count). The number of benzene rings is 2. The molecule has 2 aliphatic rings. The van der Waals surface area contributed by atoms with E-state index in [1.165, 1.54) is 6.92 Å². The summed E-state index contributed by atoms with van der Waals surface area (Å²) in [6, 6.07) is 14.0. The van der Waals surface area contributed by atoms with Gasteiger partial charge < -0.3 is 20.1 Å². The normalized spacial score (nSPS) is 23.0. The van der Waals surface area contributed by atoms with Crippen LogP contribution in [0.3, 0.4) is 0 Å². The number of carbonyl (C=O) groups is 2. The largest absolute Gasteiger partial charge is 0.417 e. The maximum absolute atomic E-state index is 12.1. The first-order valence-electron chi connectivity index (χ1n) is 8.42. The minimum absolute atomic E-state index is 0.0926. The molecule has 0 unspecified atom stereocenters. The second kappa shape index (κ2) is 6.03. The van der Waals surface area contributed by atoms with Crippen LogP contribution >= 0.6 is 0 Å². The van der Waals surface area contributed by atoms with E-state index in [1.54, 1.807) is 35.2 Å². The first-order chi connectivity index (χ1) is 12.5. The number of aliphatic hydroxyl groups is 1. The number of nitrogens with zero attached hydrogens (tertiary/aromatic N) is 1. The fraction of sp³-hybridized carbons (Fsp3) is 0.263. The number of carbonyl (C=O) groups excluding carboxylic acids is 2. The van der Waals surface area contributed by atoms with Gasteiger partial charge in [0.15, 0.2) is 0 Å². The zero-order valence-corrected chi connectivity index (χ0v) is 14.2. The van der Waals surface area contributed by atoms with Gasteiger partial charge in [-0.15, -0.1) is 0 Å². The molecule has 1 saturated heterocycles. The van der Waals surface area contributed by atoms with Gasteiger partial charge in [-0.1, -0.05) is 18.2 Å². The molecule has 3 N–H and O–H groups in total. The van der Waals surface area contributed by atoms with Crippen LogP contribution in [0.25, 0.3) is 0 Å². The van der Waals surface area contributed by atoms with Gasteiger partial charge >= 0.3 is 6.09 Å². The van der Waals surface area contributed by atoms with E-state index in [1.807, 2.05) is 18.2 Å². The van der Waals surface area contributed by atoms with Crippen LogP contribution in [-0.2, 0) is 10.4 Å². The minimum atomic E-state index is -1.18. The molecule has 2 aromatic rings. The molecule has 0 bridgehead atoms. The lowest BCUT2D eigenvalue weighted by Crippen LogP contribution is -2.45. The topological polar surface area (TPSA) is 90.9 Å². The van der Waals surface area contributed by atoms with Gasteiger partial charge in [-0.2, -0.15) is 0 Å². The van der Waals surface area contributed by atoms with Crippen molar-refractivity contribution in [3.05, 3.63) is 54.1 Å². The molecular weight excluding hydrogens is 334 g/mol. The van der Waals surface area contributed by atoms with Crippen LogP contribution in [-0.4, -0.2) is 34.7 Å². The van der Waals surface area contributed by atoms with Crippen LogP contribution in [0.15, 0.2) is 48.5 Å². The number of likely N-dealkylation sites (tertiary alicyclic amines) is 1. The number of ether oxygens (including phenoxy) is 1. The smallest absolute Gasteiger partial charge is 0.410 e. The Labute approximate surface area is 150 Å². The van der Waals surface area contributed by atoms with E-state index in [0.29, 0.717) is 30.0 Å². The number of amides is 2. The van der Waals surface area contributed by atoms with E-state index in [2.05, 4.69) is 10.6 Å². The highest BCUT2D eigenvalue weighted by atomic mass is 16.6. The van der Waals surface area contributed by atoms with Crippen LogP contribution in [0.2, 0.25) is 0 Å². The summed E-state index contributed by atoms with van der Waals surface area (Å²) in [5.74, 6) is 0.235. The second-order valence-electron chi connectivity index (χ2n) is 6.52. The number of para-hydroxylation sites is 1. The molecule has 1 fully saturated rings. The molecule has 2 atom stereocenters. The third-order valence-electron chi connectivity index (χ3n) is 4.88. The Bertz CT molecular complexity index is 870. The number of nitrogens with one attached hydrogen (secondary N) is 2. The molecule has 2 heterocycles. The van der Waals surface area contributed by atoms with Crippen LogP contribution in [0, 0.1) is 0 Å². The van der Waals surface area contributed by atoms with Crippen molar-refractivity contribution in [1.82, 2.24) is 4.90 Å². The van der Waals surface area contributed by atoms with Crippen LogP contribution in [0.1, 0.15) is 18.9 Å². The van der Waals surface area contributed by atoms with Crippen molar-refractivity contribution in [2.75, 3.05) is 17.2 Å². The summed E-state index contributed by atoms with van der Waals surface area (Å²) >= 11 is 0. The van der Waals surface area contributed by atoms with Gasteiger partial charge in [0, 0.05) is 36.8 Å². The molecule has 7 heteroatoms. The maximum atomic E-state index is 12.1. The van der Waals surface area contributed by atoms with Gasteiger partial charge in [-0.3, -0.25) is 10.1 Å². The van der Waals surface area contributed by atoms with Gasteiger partial charge in [0.2, 0.25) is 5.91 Å². The third kappa shape index (κ3) is 2.66. The summed E-state index contributed by atoms with van der Waals surface area (Å²) in [6.45, 7) is 1.96. The molecule has 0 saturated carbocycles.